The first kappa shape index (κ1) is 12.4. The summed E-state index contributed by atoms with van der Waals surface area (Å²) >= 11 is 0. The quantitative estimate of drug-likeness (QED) is 0.719. The van der Waals surface area contributed by atoms with Crippen LogP contribution < -0.4 is 5.32 Å². The average molecular weight is 225 g/mol. The molecule has 4 atom stereocenters. The summed E-state index contributed by atoms with van der Waals surface area (Å²) in [5, 5.41) is 3.62. The SMILES string of the molecule is COCCC(C)NCCC1CC2CCC1C2. The van der Waals surface area contributed by atoms with Crippen LogP contribution in [0.5, 0.6) is 0 Å². The lowest BCUT2D eigenvalue weighted by Crippen LogP contribution is -2.30. The Labute approximate surface area is 100 Å². The van der Waals surface area contributed by atoms with E-state index in [0.29, 0.717) is 6.04 Å². The lowest BCUT2D eigenvalue weighted by molar-refractivity contribution is 0.184. The van der Waals surface area contributed by atoms with Crippen LogP contribution in [0.3, 0.4) is 0 Å². The summed E-state index contributed by atoms with van der Waals surface area (Å²) in [6, 6.07) is 0.610. The van der Waals surface area contributed by atoms with Crippen molar-refractivity contribution in [1.82, 2.24) is 5.32 Å². The van der Waals surface area contributed by atoms with Crippen LogP contribution in [-0.4, -0.2) is 26.3 Å². The van der Waals surface area contributed by atoms with Gasteiger partial charge in [-0.2, -0.15) is 0 Å². The van der Waals surface area contributed by atoms with Crippen molar-refractivity contribution < 1.29 is 4.74 Å². The maximum atomic E-state index is 5.09. The standard InChI is InChI=1S/C14H27NO/c1-11(6-8-16-2)15-7-5-14-10-12-3-4-13(14)9-12/h11-15H,3-10H2,1-2H3. The fraction of sp³-hybridized carbons (Fsp3) is 1.00. The van der Waals surface area contributed by atoms with Gasteiger partial charge in [-0.05, 0) is 63.3 Å². The van der Waals surface area contributed by atoms with Crippen molar-refractivity contribution in [1.29, 1.82) is 0 Å². The monoisotopic (exact) mass is 225 g/mol. The van der Waals surface area contributed by atoms with E-state index in [-0.39, 0.29) is 0 Å². The van der Waals surface area contributed by atoms with Crippen molar-refractivity contribution in [2.75, 3.05) is 20.3 Å². The average Bonchev–Trinajstić information content (AvgIpc) is 2.88. The Balaban J connectivity index is 1.54. The summed E-state index contributed by atoms with van der Waals surface area (Å²) in [6.07, 6.45) is 8.65. The number of hydrogen-bond donors (Lipinski definition) is 1. The van der Waals surface area contributed by atoms with Crippen molar-refractivity contribution in [3.8, 4) is 0 Å². The summed E-state index contributed by atoms with van der Waals surface area (Å²) in [5.74, 6) is 3.22. The van der Waals surface area contributed by atoms with E-state index in [2.05, 4.69) is 12.2 Å². The van der Waals surface area contributed by atoms with Gasteiger partial charge in [-0.25, -0.2) is 0 Å². The van der Waals surface area contributed by atoms with Gasteiger partial charge in [0.1, 0.15) is 0 Å². The lowest BCUT2D eigenvalue weighted by Gasteiger charge is -2.22. The van der Waals surface area contributed by atoms with Gasteiger partial charge in [0.15, 0.2) is 0 Å². The van der Waals surface area contributed by atoms with Gasteiger partial charge in [0.25, 0.3) is 0 Å². The van der Waals surface area contributed by atoms with E-state index in [1.807, 2.05) is 0 Å². The van der Waals surface area contributed by atoms with E-state index in [1.165, 1.54) is 32.2 Å². The zero-order chi connectivity index (χ0) is 11.4. The zero-order valence-corrected chi connectivity index (χ0v) is 10.9. The molecule has 2 rings (SSSR count). The van der Waals surface area contributed by atoms with Crippen molar-refractivity contribution in [2.45, 2.75) is 51.5 Å². The number of methoxy groups -OCH3 is 1. The van der Waals surface area contributed by atoms with Gasteiger partial charge in [-0.15, -0.1) is 0 Å². The first-order valence-electron chi connectivity index (χ1n) is 7.02. The van der Waals surface area contributed by atoms with Gasteiger partial charge in [-0.1, -0.05) is 6.42 Å². The molecule has 0 heterocycles. The van der Waals surface area contributed by atoms with E-state index in [4.69, 9.17) is 4.74 Å². The van der Waals surface area contributed by atoms with Crippen LogP contribution in [0.1, 0.15) is 45.4 Å². The Morgan fingerprint density at radius 2 is 2.19 bits per heavy atom. The Morgan fingerprint density at radius 1 is 1.31 bits per heavy atom. The fourth-order valence-electron chi connectivity index (χ4n) is 3.64. The second-order valence-corrected chi connectivity index (χ2v) is 5.86. The van der Waals surface area contributed by atoms with Crippen LogP contribution in [-0.2, 0) is 4.74 Å². The Morgan fingerprint density at radius 3 is 2.81 bits per heavy atom. The van der Waals surface area contributed by atoms with Gasteiger partial charge >= 0.3 is 0 Å². The van der Waals surface area contributed by atoms with Crippen LogP contribution in [0.4, 0.5) is 0 Å². The molecule has 0 saturated heterocycles. The van der Waals surface area contributed by atoms with Gasteiger partial charge in [0.2, 0.25) is 0 Å². The van der Waals surface area contributed by atoms with Crippen molar-refractivity contribution in [3.63, 3.8) is 0 Å². The lowest BCUT2D eigenvalue weighted by atomic mass is 9.86. The Hall–Kier alpha value is -0.0800. The molecule has 0 radical (unpaired) electrons. The molecule has 16 heavy (non-hydrogen) atoms. The molecular weight excluding hydrogens is 198 g/mol. The summed E-state index contributed by atoms with van der Waals surface area (Å²) < 4.78 is 5.09. The molecule has 0 spiro atoms. The van der Waals surface area contributed by atoms with Crippen LogP contribution >= 0.6 is 0 Å². The van der Waals surface area contributed by atoms with Crippen LogP contribution in [0.15, 0.2) is 0 Å². The number of hydrogen-bond acceptors (Lipinski definition) is 2. The van der Waals surface area contributed by atoms with Crippen molar-refractivity contribution in [3.05, 3.63) is 0 Å². The fourth-order valence-corrected chi connectivity index (χ4v) is 3.64. The van der Waals surface area contributed by atoms with E-state index in [0.717, 1.165) is 30.8 Å². The second-order valence-electron chi connectivity index (χ2n) is 5.86. The highest BCUT2D eigenvalue weighted by molar-refractivity contribution is 4.90. The molecule has 1 N–H and O–H groups in total. The minimum absolute atomic E-state index is 0.610. The largest absolute Gasteiger partial charge is 0.385 e. The number of ether oxygens (including phenoxy) is 1. The molecule has 0 aliphatic heterocycles. The third kappa shape index (κ3) is 3.21. The van der Waals surface area contributed by atoms with Crippen molar-refractivity contribution >= 4 is 0 Å². The minimum atomic E-state index is 0.610. The first-order chi connectivity index (χ1) is 7.79. The molecule has 4 unspecified atom stereocenters. The highest BCUT2D eigenvalue weighted by atomic mass is 16.5. The molecule has 2 nitrogen and oxygen atoms in total. The molecule has 94 valence electrons. The molecule has 0 aromatic carbocycles. The number of rotatable bonds is 7. The van der Waals surface area contributed by atoms with Gasteiger partial charge in [0, 0.05) is 19.8 Å². The highest BCUT2D eigenvalue weighted by Crippen LogP contribution is 2.49. The summed E-state index contributed by atoms with van der Waals surface area (Å²) in [7, 11) is 1.78. The molecule has 0 aromatic rings. The molecular formula is C14H27NO. The van der Waals surface area contributed by atoms with E-state index in [1.54, 1.807) is 13.5 Å². The van der Waals surface area contributed by atoms with E-state index < -0.39 is 0 Å². The van der Waals surface area contributed by atoms with Gasteiger partial charge < -0.3 is 10.1 Å². The topological polar surface area (TPSA) is 21.3 Å². The molecule has 2 aliphatic rings. The normalized spacial score (nSPS) is 34.5. The molecule has 0 amide bonds. The predicted octanol–water partition coefficient (Wildman–Crippen LogP) is 2.83. The molecule has 2 aliphatic carbocycles. The molecule has 0 aromatic heterocycles. The first-order valence-corrected chi connectivity index (χ1v) is 7.02. The molecule has 2 fully saturated rings. The minimum Gasteiger partial charge on any atom is -0.385 e. The van der Waals surface area contributed by atoms with Crippen LogP contribution in [0, 0.1) is 17.8 Å². The van der Waals surface area contributed by atoms with Crippen LogP contribution in [0.2, 0.25) is 0 Å². The van der Waals surface area contributed by atoms with E-state index in [9.17, 15) is 0 Å². The number of nitrogens with one attached hydrogen (secondary N) is 1. The summed E-state index contributed by atoms with van der Waals surface area (Å²) in [4.78, 5) is 0. The zero-order valence-electron chi connectivity index (χ0n) is 10.9. The third-order valence-electron chi connectivity index (χ3n) is 4.65. The summed E-state index contributed by atoms with van der Waals surface area (Å²) in [6.45, 7) is 4.35. The maximum Gasteiger partial charge on any atom is 0.0476 e. The third-order valence-corrected chi connectivity index (χ3v) is 4.65. The van der Waals surface area contributed by atoms with Gasteiger partial charge in [-0.3, -0.25) is 0 Å². The maximum absolute atomic E-state index is 5.09. The Bertz CT molecular complexity index is 207. The smallest absolute Gasteiger partial charge is 0.0476 e. The van der Waals surface area contributed by atoms with Gasteiger partial charge in [0.05, 0.1) is 0 Å². The molecule has 2 saturated carbocycles. The van der Waals surface area contributed by atoms with E-state index >= 15 is 0 Å². The summed E-state index contributed by atoms with van der Waals surface area (Å²) in [5.41, 5.74) is 0. The Kier molecular flexibility index (Phi) is 4.66. The highest BCUT2D eigenvalue weighted by Gasteiger charge is 2.38. The molecule has 2 heteroatoms. The number of fused-ring (bicyclic) bond motifs is 2. The molecule has 2 bridgehead atoms. The predicted molar refractivity (Wildman–Crippen MR) is 67.5 cm³/mol. The second kappa shape index (κ2) is 6.02. The van der Waals surface area contributed by atoms with Crippen LogP contribution in [0.25, 0.3) is 0 Å². The van der Waals surface area contributed by atoms with Crippen molar-refractivity contribution in [2.24, 2.45) is 17.8 Å².